The maximum absolute atomic E-state index is 13.8. The Kier molecular flexibility index (Phi) is 4.29. The lowest BCUT2D eigenvalue weighted by Gasteiger charge is -2.19. The van der Waals surface area contributed by atoms with E-state index < -0.39 is 17.7 Å². The van der Waals surface area contributed by atoms with E-state index in [2.05, 4.69) is 5.32 Å². The van der Waals surface area contributed by atoms with E-state index in [-0.39, 0.29) is 17.7 Å². The van der Waals surface area contributed by atoms with Crippen LogP contribution in [0.2, 0.25) is 0 Å². The summed E-state index contributed by atoms with van der Waals surface area (Å²) in [6.07, 6.45) is 1.65. The van der Waals surface area contributed by atoms with Crippen LogP contribution in [-0.2, 0) is 6.54 Å². The lowest BCUT2D eigenvalue weighted by atomic mass is 10.1. The van der Waals surface area contributed by atoms with Gasteiger partial charge in [-0.15, -0.1) is 0 Å². The highest BCUT2D eigenvalue weighted by molar-refractivity contribution is 5.22. The van der Waals surface area contributed by atoms with E-state index in [0.717, 1.165) is 11.6 Å². The molecule has 0 radical (unpaired) electrons. The topological polar surface area (TPSA) is 34.0 Å². The zero-order valence-corrected chi connectivity index (χ0v) is 11.4. The molecule has 5 heteroatoms. The van der Waals surface area contributed by atoms with Gasteiger partial charge in [0, 0.05) is 24.4 Å². The molecule has 1 aromatic carbocycles. The third-order valence-corrected chi connectivity index (χ3v) is 3.24. The first-order valence-corrected chi connectivity index (χ1v) is 6.31. The van der Waals surface area contributed by atoms with Gasteiger partial charge in [-0.25, -0.2) is 8.78 Å². The van der Waals surface area contributed by atoms with Crippen molar-refractivity contribution in [2.45, 2.75) is 19.5 Å². The molecule has 0 fully saturated rings. The number of rotatable bonds is 4. The molecule has 2 aromatic rings. The molecular weight excluding hydrogens is 262 g/mol. The molecular formula is C15H16F2N2O. The van der Waals surface area contributed by atoms with Gasteiger partial charge in [-0.1, -0.05) is 12.1 Å². The number of nitrogens with zero attached hydrogens (tertiary/aromatic N) is 1. The van der Waals surface area contributed by atoms with Crippen molar-refractivity contribution in [3.8, 4) is 0 Å². The van der Waals surface area contributed by atoms with Crippen molar-refractivity contribution in [2.75, 3.05) is 7.05 Å². The molecule has 0 amide bonds. The van der Waals surface area contributed by atoms with Gasteiger partial charge >= 0.3 is 0 Å². The Balaban J connectivity index is 2.34. The third-order valence-electron chi connectivity index (χ3n) is 3.24. The maximum atomic E-state index is 13.8. The van der Waals surface area contributed by atoms with Gasteiger partial charge in [0.25, 0.3) is 5.56 Å². The molecule has 0 bridgehead atoms. The standard InChI is InChI=1S/C15H16F2N2O/c1-10-6-7-19(14(20)8-10)9-13(18-2)11-4-3-5-12(16)15(11)17/h3-8,13,18H,9H2,1-2H3. The van der Waals surface area contributed by atoms with Gasteiger partial charge in [0.2, 0.25) is 0 Å². The van der Waals surface area contributed by atoms with E-state index in [1.165, 1.54) is 22.8 Å². The minimum atomic E-state index is -0.890. The quantitative estimate of drug-likeness (QED) is 0.931. The first kappa shape index (κ1) is 14.4. The predicted octanol–water partition coefficient (Wildman–Crippen LogP) is 2.40. The molecule has 0 aliphatic carbocycles. The van der Waals surface area contributed by atoms with E-state index in [1.807, 2.05) is 6.92 Å². The number of nitrogens with one attached hydrogen (secondary N) is 1. The summed E-state index contributed by atoms with van der Waals surface area (Å²) in [6, 6.07) is 6.87. The highest BCUT2D eigenvalue weighted by Gasteiger charge is 2.17. The molecule has 0 saturated carbocycles. The van der Waals surface area contributed by atoms with Crippen LogP contribution in [0.3, 0.4) is 0 Å². The summed E-state index contributed by atoms with van der Waals surface area (Å²) in [5, 5.41) is 2.91. The van der Waals surface area contributed by atoms with Gasteiger partial charge in [-0.3, -0.25) is 4.79 Å². The molecule has 1 atom stereocenters. The van der Waals surface area contributed by atoms with E-state index in [9.17, 15) is 13.6 Å². The second-order valence-corrected chi connectivity index (χ2v) is 4.68. The zero-order chi connectivity index (χ0) is 14.7. The minimum absolute atomic E-state index is 0.165. The Morgan fingerprint density at radius 1 is 1.30 bits per heavy atom. The van der Waals surface area contributed by atoms with Gasteiger partial charge in [0.1, 0.15) is 0 Å². The zero-order valence-electron chi connectivity index (χ0n) is 11.4. The Hall–Kier alpha value is -2.01. The number of aromatic nitrogens is 1. The van der Waals surface area contributed by atoms with Gasteiger partial charge < -0.3 is 9.88 Å². The van der Waals surface area contributed by atoms with Gasteiger partial charge in [-0.05, 0) is 31.7 Å². The van der Waals surface area contributed by atoms with Gasteiger partial charge in [-0.2, -0.15) is 0 Å². The van der Waals surface area contributed by atoms with Crippen LogP contribution in [-0.4, -0.2) is 11.6 Å². The molecule has 0 aliphatic heterocycles. The van der Waals surface area contributed by atoms with Crippen molar-refractivity contribution in [2.24, 2.45) is 0 Å². The molecule has 106 valence electrons. The lowest BCUT2D eigenvalue weighted by Crippen LogP contribution is -2.29. The third kappa shape index (κ3) is 2.93. The van der Waals surface area contributed by atoms with E-state index >= 15 is 0 Å². The summed E-state index contributed by atoms with van der Waals surface area (Å²) in [4.78, 5) is 11.8. The normalized spacial score (nSPS) is 12.4. The van der Waals surface area contributed by atoms with Crippen LogP contribution in [0.5, 0.6) is 0 Å². The van der Waals surface area contributed by atoms with Gasteiger partial charge in [0.15, 0.2) is 11.6 Å². The van der Waals surface area contributed by atoms with Crippen LogP contribution in [0, 0.1) is 18.6 Å². The van der Waals surface area contributed by atoms with Crippen LogP contribution in [0.15, 0.2) is 41.3 Å². The molecule has 2 rings (SSSR count). The number of aryl methyl sites for hydroxylation is 1. The fourth-order valence-corrected chi connectivity index (χ4v) is 2.09. The molecule has 20 heavy (non-hydrogen) atoms. The minimum Gasteiger partial charge on any atom is -0.314 e. The second kappa shape index (κ2) is 5.96. The molecule has 1 N–H and O–H groups in total. The maximum Gasteiger partial charge on any atom is 0.250 e. The number of pyridine rings is 1. The smallest absolute Gasteiger partial charge is 0.250 e. The fourth-order valence-electron chi connectivity index (χ4n) is 2.09. The van der Waals surface area contributed by atoms with Crippen LogP contribution in [0.1, 0.15) is 17.2 Å². The molecule has 3 nitrogen and oxygen atoms in total. The largest absolute Gasteiger partial charge is 0.314 e. The summed E-state index contributed by atoms with van der Waals surface area (Å²) in [5.74, 6) is -1.77. The molecule has 0 saturated heterocycles. The Bertz CT molecular complexity index is 667. The average molecular weight is 278 g/mol. The first-order valence-electron chi connectivity index (χ1n) is 6.31. The number of hydrogen-bond donors (Lipinski definition) is 1. The van der Waals surface area contributed by atoms with Gasteiger partial charge in [0.05, 0.1) is 6.04 Å². The van der Waals surface area contributed by atoms with Crippen molar-refractivity contribution in [1.29, 1.82) is 0 Å². The molecule has 1 heterocycles. The highest BCUT2D eigenvalue weighted by Crippen LogP contribution is 2.20. The lowest BCUT2D eigenvalue weighted by molar-refractivity contribution is 0.442. The second-order valence-electron chi connectivity index (χ2n) is 4.68. The Morgan fingerprint density at radius 2 is 2.05 bits per heavy atom. The molecule has 1 unspecified atom stereocenters. The number of benzene rings is 1. The Labute approximate surface area is 115 Å². The molecule has 0 aliphatic rings. The van der Waals surface area contributed by atoms with Crippen molar-refractivity contribution in [1.82, 2.24) is 9.88 Å². The number of likely N-dealkylation sites (N-methyl/N-ethyl adjacent to an activating group) is 1. The summed E-state index contributed by atoms with van der Waals surface area (Å²) < 4.78 is 28.6. The predicted molar refractivity (Wildman–Crippen MR) is 73.6 cm³/mol. The summed E-state index contributed by atoms with van der Waals surface area (Å²) in [5.41, 5.74) is 0.909. The SMILES string of the molecule is CNC(Cn1ccc(C)cc1=O)c1cccc(F)c1F. The monoisotopic (exact) mass is 278 g/mol. The van der Waals surface area contributed by atoms with E-state index in [4.69, 9.17) is 0 Å². The molecule has 0 spiro atoms. The van der Waals surface area contributed by atoms with Crippen LogP contribution in [0.4, 0.5) is 8.78 Å². The van der Waals surface area contributed by atoms with E-state index in [1.54, 1.807) is 19.3 Å². The van der Waals surface area contributed by atoms with Crippen LogP contribution >= 0.6 is 0 Å². The summed E-state index contributed by atoms with van der Waals surface area (Å²) >= 11 is 0. The number of halogens is 2. The van der Waals surface area contributed by atoms with Crippen molar-refractivity contribution in [3.63, 3.8) is 0 Å². The average Bonchev–Trinajstić information content (AvgIpc) is 2.42. The Morgan fingerprint density at radius 3 is 2.70 bits per heavy atom. The van der Waals surface area contributed by atoms with Crippen LogP contribution < -0.4 is 10.9 Å². The van der Waals surface area contributed by atoms with Crippen LogP contribution in [0.25, 0.3) is 0 Å². The summed E-state index contributed by atoms with van der Waals surface area (Å²) in [7, 11) is 1.65. The molecule has 1 aromatic heterocycles. The number of hydrogen-bond acceptors (Lipinski definition) is 2. The summed E-state index contributed by atoms with van der Waals surface area (Å²) in [6.45, 7) is 2.06. The fraction of sp³-hybridized carbons (Fsp3) is 0.267. The first-order chi connectivity index (χ1) is 9.52. The van der Waals surface area contributed by atoms with Crippen molar-refractivity contribution in [3.05, 3.63) is 69.6 Å². The van der Waals surface area contributed by atoms with Crippen molar-refractivity contribution >= 4 is 0 Å². The van der Waals surface area contributed by atoms with E-state index in [0.29, 0.717) is 0 Å². The van der Waals surface area contributed by atoms with Crippen molar-refractivity contribution < 1.29 is 8.78 Å². The highest BCUT2D eigenvalue weighted by atomic mass is 19.2.